The number of rotatable bonds is 6. The van der Waals surface area contributed by atoms with Gasteiger partial charge in [-0.25, -0.2) is 8.42 Å². The van der Waals surface area contributed by atoms with Crippen molar-refractivity contribution in [2.24, 2.45) is 0 Å². The van der Waals surface area contributed by atoms with Crippen molar-refractivity contribution in [1.82, 2.24) is 5.32 Å². The Morgan fingerprint density at radius 1 is 1.22 bits per heavy atom. The van der Waals surface area contributed by atoms with Crippen LogP contribution in [0.3, 0.4) is 0 Å². The summed E-state index contributed by atoms with van der Waals surface area (Å²) in [5.41, 5.74) is 1.10. The fraction of sp³-hybridized carbons (Fsp3) is 0.538. The quantitative estimate of drug-likeness (QED) is 0.815. The lowest BCUT2D eigenvalue weighted by Gasteiger charge is -2.11. The molecule has 0 aliphatic rings. The lowest BCUT2D eigenvalue weighted by molar-refractivity contribution is 0.197. The SMILES string of the molecule is CNCC(O)CS(=O)(=O)c1ccc(C(C)C)cc1. The molecule has 0 radical (unpaired) electrons. The molecule has 0 saturated carbocycles. The number of sulfone groups is 1. The highest BCUT2D eigenvalue weighted by Gasteiger charge is 2.19. The molecule has 1 aromatic rings. The Hall–Kier alpha value is -0.910. The van der Waals surface area contributed by atoms with Crippen molar-refractivity contribution in [2.45, 2.75) is 30.8 Å². The maximum absolute atomic E-state index is 12.0. The van der Waals surface area contributed by atoms with Gasteiger partial charge in [0.2, 0.25) is 0 Å². The van der Waals surface area contributed by atoms with E-state index in [0.717, 1.165) is 5.56 Å². The van der Waals surface area contributed by atoms with Gasteiger partial charge in [-0.15, -0.1) is 0 Å². The summed E-state index contributed by atoms with van der Waals surface area (Å²) in [7, 11) is -1.74. The second-order valence-electron chi connectivity index (χ2n) is 4.72. The van der Waals surface area contributed by atoms with Crippen molar-refractivity contribution in [3.63, 3.8) is 0 Å². The molecule has 0 fully saturated rings. The molecule has 0 bridgehead atoms. The van der Waals surface area contributed by atoms with Crippen LogP contribution in [0.4, 0.5) is 0 Å². The summed E-state index contributed by atoms with van der Waals surface area (Å²) in [6, 6.07) is 6.86. The molecule has 18 heavy (non-hydrogen) atoms. The molecule has 0 aliphatic carbocycles. The van der Waals surface area contributed by atoms with E-state index in [2.05, 4.69) is 19.2 Å². The fourth-order valence-electron chi connectivity index (χ4n) is 1.70. The van der Waals surface area contributed by atoms with E-state index in [-0.39, 0.29) is 17.2 Å². The summed E-state index contributed by atoms with van der Waals surface area (Å²) < 4.78 is 24.0. The summed E-state index contributed by atoms with van der Waals surface area (Å²) in [6.45, 7) is 4.38. The fourth-order valence-corrected chi connectivity index (χ4v) is 3.07. The number of benzene rings is 1. The monoisotopic (exact) mass is 271 g/mol. The standard InChI is InChI=1S/C13H21NO3S/c1-10(2)11-4-6-13(7-5-11)18(16,17)9-12(15)8-14-3/h4-7,10,12,14-15H,8-9H2,1-3H3. The first kappa shape index (κ1) is 15.1. The Balaban J connectivity index is 2.85. The van der Waals surface area contributed by atoms with Crippen LogP contribution in [0, 0.1) is 0 Å². The topological polar surface area (TPSA) is 66.4 Å². The van der Waals surface area contributed by atoms with E-state index in [0.29, 0.717) is 5.92 Å². The van der Waals surface area contributed by atoms with Gasteiger partial charge in [0, 0.05) is 6.54 Å². The predicted molar refractivity (Wildman–Crippen MR) is 72.5 cm³/mol. The molecule has 102 valence electrons. The lowest BCUT2D eigenvalue weighted by Crippen LogP contribution is -2.30. The molecule has 1 unspecified atom stereocenters. The smallest absolute Gasteiger partial charge is 0.180 e. The first-order chi connectivity index (χ1) is 8.36. The highest BCUT2D eigenvalue weighted by atomic mass is 32.2. The molecule has 0 spiro atoms. The minimum Gasteiger partial charge on any atom is -0.391 e. The number of nitrogens with one attached hydrogen (secondary N) is 1. The largest absolute Gasteiger partial charge is 0.391 e. The first-order valence-electron chi connectivity index (χ1n) is 6.02. The van der Waals surface area contributed by atoms with Gasteiger partial charge in [0.05, 0.1) is 16.8 Å². The van der Waals surface area contributed by atoms with Gasteiger partial charge in [-0.2, -0.15) is 0 Å². The Morgan fingerprint density at radius 2 is 1.78 bits per heavy atom. The minimum absolute atomic E-state index is 0.255. The van der Waals surface area contributed by atoms with E-state index >= 15 is 0 Å². The molecular formula is C13H21NO3S. The van der Waals surface area contributed by atoms with E-state index in [1.165, 1.54) is 0 Å². The Kier molecular flexibility index (Phi) is 5.31. The van der Waals surface area contributed by atoms with E-state index in [4.69, 9.17) is 0 Å². The molecule has 1 aromatic carbocycles. The van der Waals surface area contributed by atoms with Crippen LogP contribution >= 0.6 is 0 Å². The van der Waals surface area contributed by atoms with E-state index < -0.39 is 15.9 Å². The zero-order chi connectivity index (χ0) is 13.8. The molecular weight excluding hydrogens is 250 g/mol. The van der Waals surface area contributed by atoms with Crippen LogP contribution in [0.25, 0.3) is 0 Å². The summed E-state index contributed by atoms with van der Waals surface area (Å²) in [5, 5.41) is 12.3. The molecule has 0 aliphatic heterocycles. The third-order valence-corrected chi connectivity index (χ3v) is 4.57. The molecule has 1 rings (SSSR count). The van der Waals surface area contributed by atoms with Crippen molar-refractivity contribution in [3.05, 3.63) is 29.8 Å². The van der Waals surface area contributed by atoms with E-state index in [1.807, 2.05) is 12.1 Å². The first-order valence-corrected chi connectivity index (χ1v) is 7.67. The van der Waals surface area contributed by atoms with Crippen molar-refractivity contribution < 1.29 is 13.5 Å². The summed E-state index contributed by atoms with van der Waals surface area (Å²) in [4.78, 5) is 0.266. The van der Waals surface area contributed by atoms with Crippen LogP contribution in [-0.2, 0) is 9.84 Å². The highest BCUT2D eigenvalue weighted by molar-refractivity contribution is 7.91. The molecule has 4 nitrogen and oxygen atoms in total. The average Bonchev–Trinajstić information content (AvgIpc) is 2.28. The van der Waals surface area contributed by atoms with Gasteiger partial charge in [0.1, 0.15) is 0 Å². The maximum Gasteiger partial charge on any atom is 0.180 e. The molecule has 0 amide bonds. The molecule has 0 aromatic heterocycles. The Morgan fingerprint density at radius 3 is 2.22 bits per heavy atom. The molecule has 0 heterocycles. The van der Waals surface area contributed by atoms with Crippen LogP contribution in [0.15, 0.2) is 29.2 Å². The molecule has 0 saturated heterocycles. The van der Waals surface area contributed by atoms with Crippen molar-refractivity contribution in [2.75, 3.05) is 19.3 Å². The normalized spacial score (nSPS) is 13.8. The van der Waals surface area contributed by atoms with Crippen LogP contribution in [-0.4, -0.2) is 39.0 Å². The van der Waals surface area contributed by atoms with E-state index in [1.54, 1.807) is 19.2 Å². The van der Waals surface area contributed by atoms with Gasteiger partial charge < -0.3 is 10.4 Å². The van der Waals surface area contributed by atoms with Gasteiger partial charge in [0.25, 0.3) is 0 Å². The van der Waals surface area contributed by atoms with E-state index in [9.17, 15) is 13.5 Å². The van der Waals surface area contributed by atoms with Crippen molar-refractivity contribution in [3.8, 4) is 0 Å². The van der Waals surface area contributed by atoms with Gasteiger partial charge >= 0.3 is 0 Å². The van der Waals surface area contributed by atoms with Gasteiger partial charge in [-0.1, -0.05) is 26.0 Å². The third-order valence-electron chi connectivity index (χ3n) is 2.76. The van der Waals surface area contributed by atoms with Gasteiger partial charge in [-0.3, -0.25) is 0 Å². The number of aliphatic hydroxyl groups is 1. The zero-order valence-corrected chi connectivity index (χ0v) is 11.9. The molecule has 5 heteroatoms. The summed E-state index contributed by atoms with van der Waals surface area (Å²) in [5.74, 6) is 0.117. The van der Waals surface area contributed by atoms with Crippen LogP contribution in [0.5, 0.6) is 0 Å². The Bertz CT molecular complexity index is 466. The molecule has 1 atom stereocenters. The number of aliphatic hydroxyl groups excluding tert-OH is 1. The molecule has 2 N–H and O–H groups in total. The lowest BCUT2D eigenvalue weighted by atomic mass is 10.0. The second kappa shape index (κ2) is 6.31. The van der Waals surface area contributed by atoms with Gasteiger partial charge in [-0.05, 0) is 30.7 Å². The number of hydrogen-bond acceptors (Lipinski definition) is 4. The van der Waals surface area contributed by atoms with Crippen molar-refractivity contribution >= 4 is 9.84 Å². The highest BCUT2D eigenvalue weighted by Crippen LogP contribution is 2.18. The average molecular weight is 271 g/mol. The third kappa shape index (κ3) is 4.08. The van der Waals surface area contributed by atoms with Crippen LogP contribution in [0.1, 0.15) is 25.3 Å². The second-order valence-corrected chi connectivity index (χ2v) is 6.75. The predicted octanol–water partition coefficient (Wildman–Crippen LogP) is 1.16. The number of likely N-dealkylation sites (N-methyl/N-ethyl adjacent to an activating group) is 1. The van der Waals surface area contributed by atoms with Crippen LogP contribution in [0.2, 0.25) is 0 Å². The van der Waals surface area contributed by atoms with Crippen molar-refractivity contribution in [1.29, 1.82) is 0 Å². The zero-order valence-electron chi connectivity index (χ0n) is 11.1. The maximum atomic E-state index is 12.0. The van der Waals surface area contributed by atoms with Crippen LogP contribution < -0.4 is 5.32 Å². The Labute approximate surface area is 109 Å². The minimum atomic E-state index is -3.41. The summed E-state index contributed by atoms with van der Waals surface area (Å²) in [6.07, 6.45) is -0.884. The number of hydrogen-bond donors (Lipinski definition) is 2. The summed E-state index contributed by atoms with van der Waals surface area (Å²) >= 11 is 0. The van der Waals surface area contributed by atoms with Gasteiger partial charge in [0.15, 0.2) is 9.84 Å².